The van der Waals surface area contributed by atoms with Crippen LogP contribution in [0.1, 0.15) is 18.1 Å². The Morgan fingerprint density at radius 1 is 0.737 bits per heavy atom. The van der Waals surface area contributed by atoms with Crippen molar-refractivity contribution in [1.29, 1.82) is 0 Å². The summed E-state index contributed by atoms with van der Waals surface area (Å²) in [6.45, 7) is 4.40. The van der Waals surface area contributed by atoms with Crippen LogP contribution in [0.5, 0.6) is 0 Å². The van der Waals surface area contributed by atoms with E-state index in [0.717, 1.165) is 6.42 Å². The molecule has 0 saturated carbocycles. The molecule has 0 heterocycles. The van der Waals surface area contributed by atoms with E-state index in [2.05, 4.69) is 74.5 Å². The second-order valence-electron chi connectivity index (χ2n) is 5.06. The van der Waals surface area contributed by atoms with E-state index in [1.54, 1.807) is 0 Å². The van der Waals surface area contributed by atoms with Crippen molar-refractivity contribution >= 4 is 10.8 Å². The number of hydrogen-bond donors (Lipinski definition) is 0. The van der Waals surface area contributed by atoms with Gasteiger partial charge in [0.1, 0.15) is 0 Å². The minimum atomic E-state index is 1.09. The lowest BCUT2D eigenvalue weighted by atomic mass is 9.97. The van der Waals surface area contributed by atoms with Gasteiger partial charge in [0.15, 0.2) is 0 Å². The molecule has 0 atom stereocenters. The van der Waals surface area contributed by atoms with Gasteiger partial charge in [0.25, 0.3) is 0 Å². The minimum Gasteiger partial charge on any atom is -0.0616 e. The van der Waals surface area contributed by atoms with Crippen molar-refractivity contribution in [2.45, 2.75) is 20.3 Å². The fraction of sp³-hybridized carbons (Fsp3) is 0.158. The lowest BCUT2D eigenvalue weighted by Gasteiger charge is -2.08. The molecule has 0 aromatic heterocycles. The van der Waals surface area contributed by atoms with Gasteiger partial charge >= 0.3 is 0 Å². The first-order valence-electron chi connectivity index (χ1n) is 6.86. The van der Waals surface area contributed by atoms with Crippen molar-refractivity contribution in [2.75, 3.05) is 0 Å². The molecule has 0 spiro atoms. The number of aryl methyl sites for hydroxylation is 2. The molecule has 0 nitrogen and oxygen atoms in total. The van der Waals surface area contributed by atoms with Gasteiger partial charge in [0.05, 0.1) is 0 Å². The SMILES string of the molecule is CCc1cc(-c2ccc3ccccc3c2)ccc1C. The van der Waals surface area contributed by atoms with Crippen molar-refractivity contribution in [3.05, 3.63) is 71.8 Å². The van der Waals surface area contributed by atoms with E-state index >= 15 is 0 Å². The van der Waals surface area contributed by atoms with Crippen LogP contribution >= 0.6 is 0 Å². The second-order valence-corrected chi connectivity index (χ2v) is 5.06. The molecule has 19 heavy (non-hydrogen) atoms. The topological polar surface area (TPSA) is 0 Å². The first-order chi connectivity index (χ1) is 9.28. The zero-order valence-electron chi connectivity index (χ0n) is 11.5. The summed E-state index contributed by atoms with van der Waals surface area (Å²) in [5.41, 5.74) is 5.43. The Kier molecular flexibility index (Phi) is 3.08. The van der Waals surface area contributed by atoms with Crippen LogP contribution in [0, 0.1) is 6.92 Å². The van der Waals surface area contributed by atoms with Crippen molar-refractivity contribution < 1.29 is 0 Å². The molecule has 0 N–H and O–H groups in total. The van der Waals surface area contributed by atoms with Crippen molar-refractivity contribution in [3.8, 4) is 11.1 Å². The minimum absolute atomic E-state index is 1.09. The van der Waals surface area contributed by atoms with E-state index in [4.69, 9.17) is 0 Å². The Balaban J connectivity index is 2.13. The maximum Gasteiger partial charge on any atom is -0.0178 e. The molecule has 0 heteroatoms. The Morgan fingerprint density at radius 3 is 2.21 bits per heavy atom. The first-order valence-corrected chi connectivity index (χ1v) is 6.86. The Morgan fingerprint density at radius 2 is 1.42 bits per heavy atom. The van der Waals surface area contributed by atoms with Crippen molar-refractivity contribution in [3.63, 3.8) is 0 Å². The molecular formula is C19H18. The van der Waals surface area contributed by atoms with E-state index in [0.29, 0.717) is 0 Å². The van der Waals surface area contributed by atoms with Crippen molar-refractivity contribution in [2.24, 2.45) is 0 Å². The lowest BCUT2D eigenvalue weighted by Crippen LogP contribution is -1.88. The number of rotatable bonds is 2. The highest BCUT2D eigenvalue weighted by Crippen LogP contribution is 2.26. The predicted octanol–water partition coefficient (Wildman–Crippen LogP) is 5.38. The second kappa shape index (κ2) is 4.89. The van der Waals surface area contributed by atoms with E-state index in [1.165, 1.54) is 33.0 Å². The van der Waals surface area contributed by atoms with Crippen LogP contribution in [-0.2, 0) is 6.42 Å². The van der Waals surface area contributed by atoms with Gasteiger partial charge in [-0.15, -0.1) is 0 Å². The molecule has 0 aliphatic carbocycles. The van der Waals surface area contributed by atoms with Gasteiger partial charge in [-0.1, -0.05) is 61.5 Å². The summed E-state index contributed by atoms with van der Waals surface area (Å²) < 4.78 is 0. The largest absolute Gasteiger partial charge is 0.0616 e. The van der Waals surface area contributed by atoms with E-state index in [9.17, 15) is 0 Å². The molecule has 0 amide bonds. The normalized spacial score (nSPS) is 10.8. The van der Waals surface area contributed by atoms with Crippen LogP contribution in [0.4, 0.5) is 0 Å². The molecule has 0 aliphatic rings. The fourth-order valence-electron chi connectivity index (χ4n) is 2.60. The summed E-state index contributed by atoms with van der Waals surface area (Å²) in [5.74, 6) is 0. The highest BCUT2D eigenvalue weighted by atomic mass is 14.1. The molecule has 0 aliphatic heterocycles. The van der Waals surface area contributed by atoms with Crippen LogP contribution < -0.4 is 0 Å². The zero-order valence-corrected chi connectivity index (χ0v) is 11.5. The predicted molar refractivity (Wildman–Crippen MR) is 83.5 cm³/mol. The Labute approximate surface area is 114 Å². The first kappa shape index (κ1) is 12.0. The third-order valence-electron chi connectivity index (χ3n) is 3.81. The molecule has 0 saturated heterocycles. The van der Waals surface area contributed by atoms with Crippen LogP contribution in [0.25, 0.3) is 21.9 Å². The van der Waals surface area contributed by atoms with Gasteiger partial charge in [-0.25, -0.2) is 0 Å². The van der Waals surface area contributed by atoms with Crippen LogP contribution in [-0.4, -0.2) is 0 Å². The van der Waals surface area contributed by atoms with Gasteiger partial charge in [-0.2, -0.15) is 0 Å². The number of benzene rings is 3. The molecule has 3 aromatic rings. The fourth-order valence-corrected chi connectivity index (χ4v) is 2.60. The third-order valence-corrected chi connectivity index (χ3v) is 3.81. The highest BCUT2D eigenvalue weighted by Gasteiger charge is 2.02. The molecule has 3 rings (SSSR count). The molecule has 0 bridgehead atoms. The summed E-state index contributed by atoms with van der Waals surface area (Å²) in [4.78, 5) is 0. The quantitative estimate of drug-likeness (QED) is 0.569. The summed E-state index contributed by atoms with van der Waals surface area (Å²) in [7, 11) is 0. The lowest BCUT2D eigenvalue weighted by molar-refractivity contribution is 1.11. The smallest absolute Gasteiger partial charge is 0.0178 e. The van der Waals surface area contributed by atoms with Gasteiger partial charge in [-0.3, -0.25) is 0 Å². The van der Waals surface area contributed by atoms with Crippen LogP contribution in [0.2, 0.25) is 0 Å². The molecule has 0 unspecified atom stereocenters. The van der Waals surface area contributed by atoms with E-state index in [-0.39, 0.29) is 0 Å². The van der Waals surface area contributed by atoms with Crippen LogP contribution in [0.15, 0.2) is 60.7 Å². The number of hydrogen-bond acceptors (Lipinski definition) is 0. The van der Waals surface area contributed by atoms with Gasteiger partial charge in [0.2, 0.25) is 0 Å². The average Bonchev–Trinajstić information content (AvgIpc) is 2.47. The summed E-state index contributed by atoms with van der Waals surface area (Å²) in [5, 5.41) is 2.60. The summed E-state index contributed by atoms with van der Waals surface area (Å²) in [6, 6.07) is 22.0. The van der Waals surface area contributed by atoms with Crippen molar-refractivity contribution in [1.82, 2.24) is 0 Å². The average molecular weight is 246 g/mol. The van der Waals surface area contributed by atoms with Gasteiger partial charge < -0.3 is 0 Å². The monoisotopic (exact) mass is 246 g/mol. The van der Waals surface area contributed by atoms with Crippen LogP contribution in [0.3, 0.4) is 0 Å². The maximum absolute atomic E-state index is 2.32. The van der Waals surface area contributed by atoms with Gasteiger partial charge in [-0.05, 0) is 52.4 Å². The standard InChI is InChI=1S/C19H18/c1-3-15-12-18(9-8-14(15)2)19-11-10-16-6-4-5-7-17(16)13-19/h4-13H,3H2,1-2H3. The molecule has 3 aromatic carbocycles. The maximum atomic E-state index is 2.32. The zero-order chi connectivity index (χ0) is 13.2. The summed E-state index contributed by atoms with van der Waals surface area (Å²) in [6.07, 6.45) is 1.09. The molecule has 94 valence electrons. The highest BCUT2D eigenvalue weighted by molar-refractivity contribution is 5.87. The number of fused-ring (bicyclic) bond motifs is 1. The molecule has 0 radical (unpaired) electrons. The van der Waals surface area contributed by atoms with Gasteiger partial charge in [0, 0.05) is 0 Å². The molecular weight excluding hydrogens is 228 g/mol. The van der Waals surface area contributed by atoms with E-state index < -0.39 is 0 Å². The Bertz CT molecular complexity index is 723. The Hall–Kier alpha value is -2.08. The van der Waals surface area contributed by atoms with E-state index in [1.807, 2.05) is 0 Å². The summed E-state index contributed by atoms with van der Waals surface area (Å²) >= 11 is 0. The third kappa shape index (κ3) is 2.26. The molecule has 0 fully saturated rings.